The monoisotopic (exact) mass is 428 g/mol. The molecular weight excluding hydrogens is 404 g/mol. The molecule has 0 aliphatic heterocycles. The highest BCUT2D eigenvalue weighted by atomic mass is 32.1. The summed E-state index contributed by atoms with van der Waals surface area (Å²) in [5.74, 6) is 1.98. The molecule has 0 fully saturated rings. The number of carbonyl (C=O) groups excluding carboxylic acids is 1. The van der Waals surface area contributed by atoms with Crippen molar-refractivity contribution in [1.82, 2.24) is 4.98 Å². The zero-order valence-electron chi connectivity index (χ0n) is 17.5. The zero-order chi connectivity index (χ0) is 21.6. The molecule has 3 aromatic carbocycles. The summed E-state index contributed by atoms with van der Waals surface area (Å²) in [6.45, 7) is 4.32. The fourth-order valence-corrected chi connectivity index (χ4v) is 3.89. The molecule has 0 saturated carbocycles. The van der Waals surface area contributed by atoms with Gasteiger partial charge in [-0.05, 0) is 53.4 Å². The number of aromatic nitrogens is 1. The van der Waals surface area contributed by atoms with Crippen LogP contribution in [0.15, 0.2) is 84.2 Å². The molecule has 4 rings (SSSR count). The van der Waals surface area contributed by atoms with E-state index in [1.807, 2.05) is 72.1 Å². The molecule has 0 saturated heterocycles. The number of benzene rings is 3. The maximum Gasteiger partial charge on any atom is 0.230 e. The molecule has 0 atom stereocenters. The fraction of sp³-hybridized carbons (Fsp3) is 0.154. The predicted molar refractivity (Wildman–Crippen MR) is 127 cm³/mol. The highest BCUT2D eigenvalue weighted by Gasteiger charge is 2.10. The number of anilines is 1. The smallest absolute Gasteiger partial charge is 0.230 e. The lowest BCUT2D eigenvalue weighted by atomic mass is 10.0. The average molecular weight is 429 g/mol. The van der Waals surface area contributed by atoms with Gasteiger partial charge in [-0.25, -0.2) is 4.98 Å². The minimum atomic E-state index is -0.0650. The van der Waals surface area contributed by atoms with Gasteiger partial charge in [0.1, 0.15) is 11.5 Å². The normalized spacial score (nSPS) is 10.8. The molecule has 5 heteroatoms. The predicted octanol–water partition coefficient (Wildman–Crippen LogP) is 6.91. The number of nitrogens with zero attached hydrogens (tertiary/aromatic N) is 1. The van der Waals surface area contributed by atoms with Crippen LogP contribution in [0.3, 0.4) is 0 Å². The number of rotatable bonds is 7. The van der Waals surface area contributed by atoms with Crippen molar-refractivity contribution in [3.05, 3.63) is 95.4 Å². The van der Waals surface area contributed by atoms with E-state index in [-0.39, 0.29) is 5.91 Å². The Labute approximate surface area is 186 Å². The van der Waals surface area contributed by atoms with Crippen molar-refractivity contribution in [3.8, 4) is 22.8 Å². The summed E-state index contributed by atoms with van der Waals surface area (Å²) in [7, 11) is 0. The minimum absolute atomic E-state index is 0.0650. The molecular formula is C26H24N2O2S. The van der Waals surface area contributed by atoms with Gasteiger partial charge in [0.25, 0.3) is 0 Å². The molecule has 31 heavy (non-hydrogen) atoms. The van der Waals surface area contributed by atoms with Gasteiger partial charge in [-0.3, -0.25) is 4.79 Å². The van der Waals surface area contributed by atoms with Crippen LogP contribution in [0.25, 0.3) is 11.3 Å². The Hall–Kier alpha value is -3.44. The first-order valence-electron chi connectivity index (χ1n) is 10.2. The van der Waals surface area contributed by atoms with Gasteiger partial charge < -0.3 is 10.1 Å². The number of para-hydroxylation sites is 1. The number of thiazole rings is 1. The molecule has 1 amide bonds. The third-order valence-electron chi connectivity index (χ3n) is 4.89. The van der Waals surface area contributed by atoms with E-state index >= 15 is 0 Å². The lowest BCUT2D eigenvalue weighted by Gasteiger charge is -2.07. The van der Waals surface area contributed by atoms with Gasteiger partial charge in [0.15, 0.2) is 5.13 Å². The van der Waals surface area contributed by atoms with Crippen LogP contribution in [0.5, 0.6) is 11.5 Å². The van der Waals surface area contributed by atoms with Crippen LogP contribution >= 0.6 is 11.3 Å². The van der Waals surface area contributed by atoms with E-state index in [4.69, 9.17) is 4.74 Å². The minimum Gasteiger partial charge on any atom is -0.457 e. The van der Waals surface area contributed by atoms with Crippen LogP contribution in [0.1, 0.15) is 30.9 Å². The summed E-state index contributed by atoms with van der Waals surface area (Å²) in [5.41, 5.74) is 4.07. The van der Waals surface area contributed by atoms with Gasteiger partial charge in [-0.2, -0.15) is 0 Å². The number of hydrogen-bond donors (Lipinski definition) is 1. The van der Waals surface area contributed by atoms with Crippen molar-refractivity contribution in [2.45, 2.75) is 26.2 Å². The summed E-state index contributed by atoms with van der Waals surface area (Å²) in [6.07, 6.45) is 0.332. The number of nitrogens with one attached hydrogen (secondary N) is 1. The summed E-state index contributed by atoms with van der Waals surface area (Å²) in [4.78, 5) is 17.0. The van der Waals surface area contributed by atoms with Gasteiger partial charge in [0, 0.05) is 10.9 Å². The number of hydrogen-bond acceptors (Lipinski definition) is 4. The number of amides is 1. The quantitative estimate of drug-likeness (QED) is 0.348. The Morgan fingerprint density at radius 3 is 2.29 bits per heavy atom. The lowest BCUT2D eigenvalue weighted by Crippen LogP contribution is -2.14. The highest BCUT2D eigenvalue weighted by molar-refractivity contribution is 7.14. The van der Waals surface area contributed by atoms with Crippen LogP contribution in [-0.2, 0) is 11.2 Å². The summed E-state index contributed by atoms with van der Waals surface area (Å²) >= 11 is 1.42. The second-order valence-corrected chi connectivity index (χ2v) is 8.46. The number of ether oxygens (including phenoxy) is 1. The van der Waals surface area contributed by atoms with E-state index in [9.17, 15) is 4.79 Å². The van der Waals surface area contributed by atoms with E-state index in [0.29, 0.717) is 17.5 Å². The second kappa shape index (κ2) is 9.58. The van der Waals surface area contributed by atoms with E-state index in [2.05, 4.69) is 36.3 Å². The average Bonchev–Trinajstić information content (AvgIpc) is 3.23. The van der Waals surface area contributed by atoms with Crippen molar-refractivity contribution in [3.63, 3.8) is 0 Å². The largest absolute Gasteiger partial charge is 0.457 e. The molecule has 1 heterocycles. The molecule has 1 aromatic heterocycles. The van der Waals surface area contributed by atoms with Gasteiger partial charge in [0.05, 0.1) is 12.1 Å². The Bertz CT molecular complexity index is 1130. The van der Waals surface area contributed by atoms with Crippen molar-refractivity contribution >= 4 is 22.4 Å². The van der Waals surface area contributed by atoms with Crippen molar-refractivity contribution in [1.29, 1.82) is 0 Å². The first kappa shape index (κ1) is 20.8. The Morgan fingerprint density at radius 1 is 0.935 bits per heavy atom. The van der Waals surface area contributed by atoms with Crippen LogP contribution in [0.4, 0.5) is 5.13 Å². The summed E-state index contributed by atoms with van der Waals surface area (Å²) < 4.78 is 5.83. The van der Waals surface area contributed by atoms with Crippen LogP contribution in [-0.4, -0.2) is 10.9 Å². The van der Waals surface area contributed by atoms with Crippen LogP contribution in [0, 0.1) is 0 Å². The van der Waals surface area contributed by atoms with E-state index in [1.165, 1.54) is 16.9 Å². The first-order chi connectivity index (χ1) is 15.1. The molecule has 4 nitrogen and oxygen atoms in total. The molecule has 4 aromatic rings. The standard InChI is InChI=1S/C26H24N2O2S/c1-18(2)20-10-8-19(9-11-20)16-25(29)28-26-27-24(17-31-26)21-12-14-23(15-13-21)30-22-6-4-3-5-7-22/h3-15,17-18H,16H2,1-2H3,(H,27,28,29). The van der Waals surface area contributed by atoms with Crippen molar-refractivity contribution in [2.75, 3.05) is 5.32 Å². The molecule has 156 valence electrons. The molecule has 1 N–H and O–H groups in total. The first-order valence-corrected chi connectivity index (χ1v) is 11.1. The lowest BCUT2D eigenvalue weighted by molar-refractivity contribution is -0.115. The Balaban J connectivity index is 1.36. The SMILES string of the molecule is CC(C)c1ccc(CC(=O)Nc2nc(-c3ccc(Oc4ccccc4)cc3)cs2)cc1. The third kappa shape index (κ3) is 5.58. The summed E-state index contributed by atoms with van der Waals surface area (Å²) in [5, 5.41) is 5.45. The Kier molecular flexibility index (Phi) is 6.43. The highest BCUT2D eigenvalue weighted by Crippen LogP contribution is 2.28. The Morgan fingerprint density at radius 2 is 1.61 bits per heavy atom. The van der Waals surface area contributed by atoms with Crippen LogP contribution in [0.2, 0.25) is 0 Å². The molecule has 0 aliphatic carbocycles. The van der Waals surface area contributed by atoms with Crippen molar-refractivity contribution in [2.24, 2.45) is 0 Å². The van der Waals surface area contributed by atoms with Gasteiger partial charge in [-0.1, -0.05) is 56.3 Å². The topological polar surface area (TPSA) is 51.2 Å². The van der Waals surface area contributed by atoms with Gasteiger partial charge in [-0.15, -0.1) is 11.3 Å². The maximum absolute atomic E-state index is 12.4. The van der Waals surface area contributed by atoms with Crippen LogP contribution < -0.4 is 10.1 Å². The van der Waals surface area contributed by atoms with Gasteiger partial charge in [0.2, 0.25) is 5.91 Å². The number of carbonyl (C=O) groups is 1. The van der Waals surface area contributed by atoms with Gasteiger partial charge >= 0.3 is 0 Å². The molecule has 0 aliphatic rings. The molecule has 0 bridgehead atoms. The van der Waals surface area contributed by atoms with E-state index in [1.54, 1.807) is 0 Å². The van der Waals surface area contributed by atoms with E-state index in [0.717, 1.165) is 28.3 Å². The zero-order valence-corrected chi connectivity index (χ0v) is 18.4. The van der Waals surface area contributed by atoms with E-state index < -0.39 is 0 Å². The third-order valence-corrected chi connectivity index (χ3v) is 5.65. The maximum atomic E-state index is 12.4. The fourth-order valence-electron chi connectivity index (χ4n) is 3.15. The van der Waals surface area contributed by atoms with Crippen molar-refractivity contribution < 1.29 is 9.53 Å². The molecule has 0 spiro atoms. The molecule has 0 radical (unpaired) electrons. The molecule has 0 unspecified atom stereocenters. The second-order valence-electron chi connectivity index (χ2n) is 7.60. The summed E-state index contributed by atoms with van der Waals surface area (Å²) in [6, 6.07) is 25.6.